The van der Waals surface area contributed by atoms with Crippen LogP contribution in [0.4, 0.5) is 0 Å². The van der Waals surface area contributed by atoms with Crippen molar-refractivity contribution < 1.29 is 4.52 Å². The summed E-state index contributed by atoms with van der Waals surface area (Å²) in [4.78, 5) is 8.92. The van der Waals surface area contributed by atoms with Gasteiger partial charge in [-0.3, -0.25) is 4.99 Å². The van der Waals surface area contributed by atoms with Gasteiger partial charge in [-0.05, 0) is 31.2 Å². The SMILES string of the molecule is CC1CN=C(c2ccc(-c3noc(-c4ccc(C#N)cc4)n3)cc2)N1. The van der Waals surface area contributed by atoms with Gasteiger partial charge in [-0.15, -0.1) is 0 Å². The fourth-order valence-electron chi connectivity index (χ4n) is 2.65. The van der Waals surface area contributed by atoms with Crippen molar-refractivity contribution in [1.29, 1.82) is 5.26 Å². The van der Waals surface area contributed by atoms with Gasteiger partial charge >= 0.3 is 0 Å². The maximum atomic E-state index is 8.85. The first-order chi connectivity index (χ1) is 12.2. The Bertz CT molecular complexity index is 964. The van der Waals surface area contributed by atoms with Crippen LogP contribution in [-0.2, 0) is 0 Å². The number of nitriles is 1. The molecule has 2 aromatic carbocycles. The van der Waals surface area contributed by atoms with Crippen molar-refractivity contribution in [1.82, 2.24) is 15.5 Å². The molecule has 0 aliphatic carbocycles. The van der Waals surface area contributed by atoms with E-state index in [0.717, 1.165) is 29.1 Å². The van der Waals surface area contributed by atoms with Gasteiger partial charge in [0.2, 0.25) is 5.82 Å². The van der Waals surface area contributed by atoms with E-state index in [2.05, 4.69) is 33.4 Å². The standard InChI is InChI=1S/C19H15N5O/c1-12-11-21-17(22-12)14-6-8-15(9-7-14)18-23-19(25-24-18)16-4-2-13(10-20)3-5-16/h2-9,12H,11H2,1H3,(H,21,22). The third-order valence-corrected chi connectivity index (χ3v) is 4.01. The van der Waals surface area contributed by atoms with Gasteiger partial charge in [-0.1, -0.05) is 29.4 Å². The molecule has 6 heteroatoms. The fraction of sp³-hybridized carbons (Fsp3) is 0.158. The molecule has 1 unspecified atom stereocenters. The fourth-order valence-corrected chi connectivity index (χ4v) is 2.65. The van der Waals surface area contributed by atoms with E-state index < -0.39 is 0 Å². The first-order valence-electron chi connectivity index (χ1n) is 7.99. The highest BCUT2D eigenvalue weighted by Crippen LogP contribution is 2.23. The normalized spacial score (nSPS) is 16.2. The van der Waals surface area contributed by atoms with Crippen molar-refractivity contribution in [2.75, 3.05) is 6.54 Å². The molecule has 2 heterocycles. The summed E-state index contributed by atoms with van der Waals surface area (Å²) < 4.78 is 5.34. The van der Waals surface area contributed by atoms with E-state index in [1.807, 2.05) is 24.3 Å². The highest BCUT2D eigenvalue weighted by atomic mass is 16.5. The van der Waals surface area contributed by atoms with Gasteiger partial charge < -0.3 is 9.84 Å². The number of hydrogen-bond acceptors (Lipinski definition) is 6. The molecule has 25 heavy (non-hydrogen) atoms. The smallest absolute Gasteiger partial charge is 0.258 e. The second-order valence-electron chi connectivity index (χ2n) is 5.92. The molecular weight excluding hydrogens is 314 g/mol. The Labute approximate surface area is 144 Å². The third kappa shape index (κ3) is 3.00. The van der Waals surface area contributed by atoms with Gasteiger partial charge in [0.1, 0.15) is 5.84 Å². The summed E-state index contributed by atoms with van der Waals surface area (Å²) >= 11 is 0. The number of aromatic nitrogens is 2. The predicted molar refractivity (Wildman–Crippen MR) is 93.9 cm³/mol. The summed E-state index contributed by atoms with van der Waals surface area (Å²) in [5, 5.41) is 16.2. The maximum absolute atomic E-state index is 8.85. The Hall–Kier alpha value is -3.46. The molecule has 3 aromatic rings. The lowest BCUT2D eigenvalue weighted by atomic mass is 10.1. The zero-order valence-corrected chi connectivity index (χ0v) is 13.6. The molecule has 1 aliphatic rings. The van der Waals surface area contributed by atoms with Gasteiger partial charge in [0.15, 0.2) is 0 Å². The van der Waals surface area contributed by atoms with Gasteiger partial charge in [0.05, 0.1) is 18.2 Å². The van der Waals surface area contributed by atoms with Gasteiger partial charge in [-0.2, -0.15) is 10.2 Å². The monoisotopic (exact) mass is 329 g/mol. The van der Waals surface area contributed by atoms with Gasteiger partial charge in [0.25, 0.3) is 5.89 Å². The molecule has 4 rings (SSSR count). The van der Waals surface area contributed by atoms with Crippen molar-refractivity contribution in [2.24, 2.45) is 4.99 Å². The molecule has 1 aliphatic heterocycles. The number of rotatable bonds is 3. The molecule has 0 fully saturated rings. The minimum absolute atomic E-state index is 0.377. The molecule has 0 bridgehead atoms. The van der Waals surface area contributed by atoms with E-state index in [0.29, 0.717) is 23.3 Å². The van der Waals surface area contributed by atoms with Crippen LogP contribution in [0.15, 0.2) is 58.0 Å². The minimum atomic E-state index is 0.377. The van der Waals surface area contributed by atoms with Crippen LogP contribution in [0.25, 0.3) is 22.8 Å². The van der Waals surface area contributed by atoms with E-state index in [9.17, 15) is 0 Å². The van der Waals surface area contributed by atoms with E-state index in [1.54, 1.807) is 24.3 Å². The Morgan fingerprint density at radius 3 is 2.36 bits per heavy atom. The summed E-state index contributed by atoms with van der Waals surface area (Å²) in [5.41, 5.74) is 3.30. The minimum Gasteiger partial charge on any atom is -0.366 e. The summed E-state index contributed by atoms with van der Waals surface area (Å²) in [5.74, 6) is 1.88. The lowest BCUT2D eigenvalue weighted by Gasteiger charge is -2.06. The Balaban J connectivity index is 1.56. The van der Waals surface area contributed by atoms with Crippen LogP contribution in [0, 0.1) is 11.3 Å². The van der Waals surface area contributed by atoms with Gasteiger partial charge in [0, 0.05) is 22.7 Å². The third-order valence-electron chi connectivity index (χ3n) is 4.01. The molecule has 1 aromatic heterocycles. The topological polar surface area (TPSA) is 87.1 Å². The number of nitrogens with zero attached hydrogens (tertiary/aromatic N) is 4. The van der Waals surface area contributed by atoms with E-state index in [1.165, 1.54) is 0 Å². The zero-order valence-electron chi connectivity index (χ0n) is 13.6. The summed E-state index contributed by atoms with van der Waals surface area (Å²) in [7, 11) is 0. The predicted octanol–water partition coefficient (Wildman–Crippen LogP) is 3.01. The molecule has 122 valence electrons. The van der Waals surface area contributed by atoms with Crippen LogP contribution in [0.1, 0.15) is 18.1 Å². The molecule has 0 saturated carbocycles. The summed E-state index contributed by atoms with van der Waals surface area (Å²) in [6, 6.07) is 17.4. The van der Waals surface area contributed by atoms with Crippen molar-refractivity contribution >= 4 is 5.84 Å². The molecule has 1 N–H and O–H groups in total. The molecule has 1 atom stereocenters. The number of amidine groups is 1. The first kappa shape index (κ1) is 15.1. The molecule has 6 nitrogen and oxygen atoms in total. The summed E-state index contributed by atoms with van der Waals surface area (Å²) in [6.45, 7) is 2.91. The molecule has 0 saturated heterocycles. The maximum Gasteiger partial charge on any atom is 0.258 e. The average Bonchev–Trinajstić information content (AvgIpc) is 3.31. The van der Waals surface area contributed by atoms with Crippen LogP contribution in [0.5, 0.6) is 0 Å². The number of nitrogens with one attached hydrogen (secondary N) is 1. The van der Waals surface area contributed by atoms with Crippen LogP contribution >= 0.6 is 0 Å². The van der Waals surface area contributed by atoms with Crippen molar-refractivity contribution in [3.8, 4) is 28.9 Å². The lowest BCUT2D eigenvalue weighted by Crippen LogP contribution is -2.27. The first-order valence-corrected chi connectivity index (χ1v) is 7.99. The second-order valence-corrected chi connectivity index (χ2v) is 5.92. The largest absolute Gasteiger partial charge is 0.366 e. The van der Waals surface area contributed by atoms with Crippen molar-refractivity contribution in [2.45, 2.75) is 13.0 Å². The lowest BCUT2D eigenvalue weighted by molar-refractivity contribution is 0.432. The molecule has 0 amide bonds. The highest BCUT2D eigenvalue weighted by molar-refractivity contribution is 6.00. The van der Waals surface area contributed by atoms with E-state index in [4.69, 9.17) is 9.78 Å². The number of benzene rings is 2. The highest BCUT2D eigenvalue weighted by Gasteiger charge is 2.15. The Kier molecular flexibility index (Phi) is 3.75. The van der Waals surface area contributed by atoms with Crippen LogP contribution in [0.3, 0.4) is 0 Å². The molecule has 0 radical (unpaired) electrons. The molecule has 0 spiro atoms. The Morgan fingerprint density at radius 2 is 1.72 bits per heavy atom. The average molecular weight is 329 g/mol. The summed E-state index contributed by atoms with van der Waals surface area (Å²) in [6.07, 6.45) is 0. The quantitative estimate of drug-likeness (QED) is 0.798. The van der Waals surface area contributed by atoms with Gasteiger partial charge in [-0.25, -0.2) is 0 Å². The number of hydrogen-bond donors (Lipinski definition) is 1. The number of aliphatic imine (C=N–C) groups is 1. The van der Waals surface area contributed by atoms with Crippen LogP contribution in [0.2, 0.25) is 0 Å². The van der Waals surface area contributed by atoms with Crippen molar-refractivity contribution in [3.05, 3.63) is 59.7 Å². The van der Waals surface area contributed by atoms with E-state index in [-0.39, 0.29) is 0 Å². The van der Waals surface area contributed by atoms with E-state index >= 15 is 0 Å². The zero-order chi connectivity index (χ0) is 17.2. The molecular formula is C19H15N5O. The van der Waals surface area contributed by atoms with Crippen LogP contribution in [-0.4, -0.2) is 28.6 Å². The second kappa shape index (κ2) is 6.21. The van der Waals surface area contributed by atoms with Crippen LogP contribution < -0.4 is 5.32 Å². The van der Waals surface area contributed by atoms with Crippen molar-refractivity contribution in [3.63, 3.8) is 0 Å². The Morgan fingerprint density at radius 1 is 1.04 bits per heavy atom.